The minimum Gasteiger partial charge on any atom is -0.376 e. The molecule has 128 valence electrons. The van der Waals surface area contributed by atoms with E-state index >= 15 is 0 Å². The van der Waals surface area contributed by atoms with E-state index < -0.39 is 0 Å². The Morgan fingerprint density at radius 2 is 2.39 bits per heavy atom. The molecule has 2 heterocycles. The topological polar surface area (TPSA) is 48.3 Å². The summed E-state index contributed by atoms with van der Waals surface area (Å²) in [6.45, 7) is 11.3. The molecule has 0 radical (unpaired) electrons. The van der Waals surface area contributed by atoms with E-state index in [0.717, 1.165) is 39.2 Å². The zero-order valence-electron chi connectivity index (χ0n) is 14.5. The maximum absolute atomic E-state index is 8.78. The van der Waals surface area contributed by atoms with Crippen LogP contribution in [0, 0.1) is 16.7 Å². The molecule has 0 unspecified atom stereocenters. The van der Waals surface area contributed by atoms with Gasteiger partial charge in [-0.15, -0.1) is 11.3 Å². The van der Waals surface area contributed by atoms with Crippen LogP contribution in [0.4, 0.5) is 0 Å². The third-order valence-electron chi connectivity index (χ3n) is 4.44. The fourth-order valence-electron chi connectivity index (χ4n) is 3.05. The van der Waals surface area contributed by atoms with E-state index in [-0.39, 0.29) is 5.41 Å². The lowest BCUT2D eigenvalue weighted by molar-refractivity contribution is -0.0341. The average Bonchev–Trinajstić information content (AvgIpc) is 3.03. The summed E-state index contributed by atoms with van der Waals surface area (Å²) in [5.74, 6) is 0. The number of hydrogen-bond acceptors (Lipinski definition) is 5. The second-order valence-electron chi connectivity index (χ2n) is 7.16. The molecule has 0 aliphatic carbocycles. The van der Waals surface area contributed by atoms with Crippen molar-refractivity contribution in [3.8, 4) is 6.07 Å². The van der Waals surface area contributed by atoms with E-state index in [1.54, 1.807) is 0 Å². The molecule has 5 heteroatoms. The van der Waals surface area contributed by atoms with Gasteiger partial charge in [-0.25, -0.2) is 0 Å². The molecule has 1 aliphatic rings. The highest BCUT2D eigenvalue weighted by Crippen LogP contribution is 2.27. The van der Waals surface area contributed by atoms with Crippen LogP contribution in [0.25, 0.3) is 0 Å². The molecule has 0 amide bonds. The Morgan fingerprint density at radius 3 is 3.04 bits per heavy atom. The van der Waals surface area contributed by atoms with Gasteiger partial charge in [-0.2, -0.15) is 5.26 Å². The Kier molecular flexibility index (Phi) is 7.04. The standard InChI is InChI=1S/C18H29N3OS/c1-15-13-21(9-10-22-15)16(17-6-4-11-23-17)12-20-14-18(2,3)7-5-8-19/h4,6,11,15-16,20H,5,7,9-10,12-14H2,1-3H3/t15-,16+/m1/s1. The molecule has 0 saturated carbocycles. The van der Waals surface area contributed by atoms with Crippen LogP contribution in [0.3, 0.4) is 0 Å². The zero-order valence-corrected chi connectivity index (χ0v) is 15.4. The van der Waals surface area contributed by atoms with Crippen LogP contribution in [0.5, 0.6) is 0 Å². The number of nitrogens with zero attached hydrogens (tertiary/aromatic N) is 2. The Hall–Kier alpha value is -0.930. The minimum atomic E-state index is 0.161. The molecule has 2 rings (SSSR count). The number of thiophene rings is 1. The average molecular weight is 336 g/mol. The molecule has 1 aromatic heterocycles. The molecule has 1 fully saturated rings. The van der Waals surface area contributed by atoms with Crippen molar-refractivity contribution in [3.05, 3.63) is 22.4 Å². The molecule has 0 bridgehead atoms. The van der Waals surface area contributed by atoms with Gasteiger partial charge in [0.2, 0.25) is 0 Å². The van der Waals surface area contributed by atoms with E-state index in [9.17, 15) is 0 Å². The van der Waals surface area contributed by atoms with Gasteiger partial charge in [0, 0.05) is 37.5 Å². The van der Waals surface area contributed by atoms with E-state index in [2.05, 4.69) is 54.6 Å². The summed E-state index contributed by atoms with van der Waals surface area (Å²) in [4.78, 5) is 3.95. The van der Waals surface area contributed by atoms with Crippen LogP contribution in [0.1, 0.15) is 44.5 Å². The monoisotopic (exact) mass is 335 g/mol. The first-order chi connectivity index (χ1) is 11.0. The van der Waals surface area contributed by atoms with Gasteiger partial charge < -0.3 is 10.1 Å². The fourth-order valence-corrected chi connectivity index (χ4v) is 3.91. The normalized spacial score (nSPS) is 21.0. The fraction of sp³-hybridized carbons (Fsp3) is 0.722. The molecular weight excluding hydrogens is 306 g/mol. The van der Waals surface area contributed by atoms with Gasteiger partial charge in [0.05, 0.1) is 24.8 Å². The van der Waals surface area contributed by atoms with Crippen molar-refractivity contribution in [3.63, 3.8) is 0 Å². The van der Waals surface area contributed by atoms with Crippen molar-refractivity contribution in [2.45, 2.75) is 45.8 Å². The summed E-state index contributed by atoms with van der Waals surface area (Å²) in [6, 6.07) is 7.03. The first-order valence-electron chi connectivity index (χ1n) is 8.48. The van der Waals surface area contributed by atoms with E-state index in [0.29, 0.717) is 18.6 Å². The maximum atomic E-state index is 8.78. The molecule has 1 aliphatic heterocycles. The van der Waals surface area contributed by atoms with Crippen LogP contribution < -0.4 is 5.32 Å². The van der Waals surface area contributed by atoms with Gasteiger partial charge in [-0.1, -0.05) is 19.9 Å². The highest BCUT2D eigenvalue weighted by molar-refractivity contribution is 7.10. The Morgan fingerprint density at radius 1 is 1.57 bits per heavy atom. The van der Waals surface area contributed by atoms with Gasteiger partial charge >= 0.3 is 0 Å². The SMILES string of the molecule is C[C@@H]1CN([C@@H](CNCC(C)(C)CCC#N)c2cccs2)CCO1. The van der Waals surface area contributed by atoms with Crippen molar-refractivity contribution >= 4 is 11.3 Å². The third kappa shape index (κ3) is 5.89. The predicted molar refractivity (Wildman–Crippen MR) is 95.5 cm³/mol. The summed E-state index contributed by atoms with van der Waals surface area (Å²) in [7, 11) is 0. The van der Waals surface area contributed by atoms with Gasteiger partial charge in [-0.05, 0) is 30.2 Å². The summed E-state index contributed by atoms with van der Waals surface area (Å²) in [5, 5.41) is 14.6. The summed E-state index contributed by atoms with van der Waals surface area (Å²) in [5.41, 5.74) is 0.161. The molecule has 4 nitrogen and oxygen atoms in total. The van der Waals surface area contributed by atoms with Crippen LogP contribution >= 0.6 is 11.3 Å². The molecule has 1 N–H and O–H groups in total. The number of ether oxygens (including phenoxy) is 1. The lowest BCUT2D eigenvalue weighted by atomic mass is 9.88. The predicted octanol–water partition coefficient (Wildman–Crippen LogP) is 3.43. The Labute approximate surface area is 144 Å². The lowest BCUT2D eigenvalue weighted by Gasteiger charge is -2.37. The molecule has 0 spiro atoms. The summed E-state index contributed by atoms with van der Waals surface area (Å²) in [6.07, 6.45) is 1.87. The second kappa shape index (κ2) is 8.79. The Balaban J connectivity index is 1.92. The zero-order chi connectivity index (χ0) is 16.7. The number of nitriles is 1. The molecule has 2 atom stereocenters. The summed E-state index contributed by atoms with van der Waals surface area (Å²) < 4.78 is 5.69. The van der Waals surface area contributed by atoms with E-state index in [4.69, 9.17) is 10.00 Å². The van der Waals surface area contributed by atoms with Crippen LogP contribution in [0.15, 0.2) is 17.5 Å². The molecule has 1 aromatic rings. The van der Waals surface area contributed by atoms with Crippen LogP contribution in [0.2, 0.25) is 0 Å². The molecule has 0 aromatic carbocycles. The lowest BCUT2D eigenvalue weighted by Crippen LogP contribution is -2.46. The van der Waals surface area contributed by atoms with Crippen molar-refractivity contribution in [1.29, 1.82) is 5.26 Å². The highest BCUT2D eigenvalue weighted by Gasteiger charge is 2.27. The van der Waals surface area contributed by atoms with Crippen LogP contribution in [-0.2, 0) is 4.74 Å². The van der Waals surface area contributed by atoms with Crippen molar-refractivity contribution in [1.82, 2.24) is 10.2 Å². The van der Waals surface area contributed by atoms with E-state index in [1.807, 2.05) is 11.3 Å². The molecule has 1 saturated heterocycles. The molecule has 23 heavy (non-hydrogen) atoms. The van der Waals surface area contributed by atoms with Crippen molar-refractivity contribution in [2.75, 3.05) is 32.8 Å². The summed E-state index contributed by atoms with van der Waals surface area (Å²) >= 11 is 1.83. The smallest absolute Gasteiger partial charge is 0.0674 e. The number of rotatable bonds is 8. The van der Waals surface area contributed by atoms with Gasteiger partial charge in [0.1, 0.15) is 0 Å². The highest BCUT2D eigenvalue weighted by atomic mass is 32.1. The largest absolute Gasteiger partial charge is 0.376 e. The van der Waals surface area contributed by atoms with Gasteiger partial charge in [-0.3, -0.25) is 4.90 Å². The minimum absolute atomic E-state index is 0.161. The third-order valence-corrected chi connectivity index (χ3v) is 5.41. The van der Waals surface area contributed by atoms with Gasteiger partial charge in [0.25, 0.3) is 0 Å². The number of nitrogens with one attached hydrogen (secondary N) is 1. The maximum Gasteiger partial charge on any atom is 0.0674 e. The quantitative estimate of drug-likeness (QED) is 0.791. The second-order valence-corrected chi connectivity index (χ2v) is 8.14. The van der Waals surface area contributed by atoms with Crippen LogP contribution in [-0.4, -0.2) is 43.8 Å². The first-order valence-corrected chi connectivity index (χ1v) is 9.36. The number of morpholine rings is 1. The van der Waals surface area contributed by atoms with Crippen molar-refractivity contribution in [2.24, 2.45) is 5.41 Å². The van der Waals surface area contributed by atoms with E-state index in [1.165, 1.54) is 4.88 Å². The number of hydrogen-bond donors (Lipinski definition) is 1. The molecular formula is C18H29N3OS. The van der Waals surface area contributed by atoms with Crippen molar-refractivity contribution < 1.29 is 4.74 Å². The Bertz CT molecular complexity index is 495. The first kappa shape index (κ1) is 18.4. The van der Waals surface area contributed by atoms with Gasteiger partial charge in [0.15, 0.2) is 0 Å².